The van der Waals surface area contributed by atoms with Crippen LogP contribution < -0.4 is 5.32 Å². The van der Waals surface area contributed by atoms with Crippen LogP contribution in [0, 0.1) is 0 Å². The van der Waals surface area contributed by atoms with Crippen molar-refractivity contribution in [3.63, 3.8) is 0 Å². The number of hydrogen-bond donors (Lipinski definition) is 2. The van der Waals surface area contributed by atoms with Crippen molar-refractivity contribution in [3.05, 3.63) is 0 Å². The highest BCUT2D eigenvalue weighted by Crippen LogP contribution is 2.22. The molecule has 0 spiro atoms. The van der Waals surface area contributed by atoms with Gasteiger partial charge in [-0.2, -0.15) is 0 Å². The van der Waals surface area contributed by atoms with Gasteiger partial charge in [0, 0.05) is 19.6 Å². The van der Waals surface area contributed by atoms with Gasteiger partial charge in [-0.25, -0.2) is 0 Å². The monoisotopic (exact) mass is 242 g/mol. The second kappa shape index (κ2) is 5.33. The van der Waals surface area contributed by atoms with E-state index in [2.05, 4.69) is 5.32 Å². The Hall–Kier alpha value is -0.650. The lowest BCUT2D eigenvalue weighted by Crippen LogP contribution is -2.55. The van der Waals surface area contributed by atoms with Crippen LogP contribution in [-0.2, 0) is 9.53 Å². The fourth-order valence-corrected chi connectivity index (χ4v) is 2.61. The first kappa shape index (κ1) is 12.8. The smallest absolute Gasteiger partial charge is 0.239 e. The van der Waals surface area contributed by atoms with Crippen LogP contribution >= 0.6 is 0 Å². The number of piperidine rings is 1. The predicted molar refractivity (Wildman–Crippen MR) is 63.7 cm³/mol. The molecule has 2 aliphatic rings. The van der Waals surface area contributed by atoms with Crippen LogP contribution in [0.25, 0.3) is 0 Å². The highest BCUT2D eigenvalue weighted by molar-refractivity contribution is 5.82. The fraction of sp³-hybridized carbons (Fsp3) is 0.917. The molecule has 2 heterocycles. The highest BCUT2D eigenvalue weighted by Gasteiger charge is 2.38. The maximum absolute atomic E-state index is 12.2. The van der Waals surface area contributed by atoms with Crippen molar-refractivity contribution in [2.75, 3.05) is 32.8 Å². The summed E-state index contributed by atoms with van der Waals surface area (Å²) in [5.41, 5.74) is -0.830. The van der Waals surface area contributed by atoms with Crippen molar-refractivity contribution in [1.82, 2.24) is 10.2 Å². The maximum atomic E-state index is 12.2. The van der Waals surface area contributed by atoms with Gasteiger partial charge < -0.3 is 20.1 Å². The Bertz CT molecular complexity index is 275. The molecule has 2 saturated heterocycles. The molecule has 0 aliphatic carbocycles. The third-order valence-electron chi connectivity index (χ3n) is 3.55. The van der Waals surface area contributed by atoms with Crippen molar-refractivity contribution in [2.24, 2.45) is 0 Å². The molecule has 2 rings (SSSR count). The van der Waals surface area contributed by atoms with Gasteiger partial charge in [0.25, 0.3) is 0 Å². The van der Waals surface area contributed by atoms with Crippen LogP contribution in [0.15, 0.2) is 0 Å². The first-order valence-corrected chi connectivity index (χ1v) is 6.47. The Labute approximate surface area is 102 Å². The quantitative estimate of drug-likeness (QED) is 0.713. The van der Waals surface area contributed by atoms with Crippen LogP contribution in [0.1, 0.15) is 26.2 Å². The Balaban J connectivity index is 1.93. The predicted octanol–water partition coefficient (Wildman–Crippen LogP) is -0.262. The zero-order chi connectivity index (χ0) is 12.3. The second-order valence-electron chi connectivity index (χ2n) is 5.04. The van der Waals surface area contributed by atoms with Gasteiger partial charge in [0.05, 0.1) is 19.2 Å². The molecule has 17 heavy (non-hydrogen) atoms. The number of β-amino-alcohol motifs (C(OH)–C–C–N with tert-alkyl or cyclic N) is 1. The van der Waals surface area contributed by atoms with E-state index in [1.54, 1.807) is 4.90 Å². The van der Waals surface area contributed by atoms with Gasteiger partial charge >= 0.3 is 0 Å². The molecule has 5 heteroatoms. The normalized spacial score (nSPS) is 34.4. The Morgan fingerprint density at radius 2 is 2.47 bits per heavy atom. The topological polar surface area (TPSA) is 61.8 Å². The summed E-state index contributed by atoms with van der Waals surface area (Å²) in [6.45, 7) is 4.91. The molecule has 1 amide bonds. The lowest BCUT2D eigenvalue weighted by molar-refractivity contribution is -0.140. The molecule has 2 fully saturated rings. The van der Waals surface area contributed by atoms with Crippen LogP contribution in [0.3, 0.4) is 0 Å². The SMILES string of the molecule is CCNC1CCCN(CC2(O)CCOC2)C1=O. The number of aliphatic hydroxyl groups is 1. The average Bonchev–Trinajstić information content (AvgIpc) is 2.71. The molecule has 2 N–H and O–H groups in total. The van der Waals surface area contributed by atoms with Gasteiger partial charge in [-0.05, 0) is 19.4 Å². The molecule has 0 aromatic rings. The minimum atomic E-state index is -0.830. The van der Waals surface area contributed by atoms with E-state index in [9.17, 15) is 9.90 Å². The fourth-order valence-electron chi connectivity index (χ4n) is 2.61. The molecule has 2 unspecified atom stereocenters. The van der Waals surface area contributed by atoms with E-state index >= 15 is 0 Å². The number of hydrogen-bond acceptors (Lipinski definition) is 4. The summed E-state index contributed by atoms with van der Waals surface area (Å²) in [7, 11) is 0. The van der Waals surface area contributed by atoms with Crippen molar-refractivity contribution in [2.45, 2.75) is 37.8 Å². The Morgan fingerprint density at radius 3 is 3.12 bits per heavy atom. The standard InChI is InChI=1S/C12H22N2O3/c1-2-13-10-4-3-6-14(11(10)15)8-12(16)5-7-17-9-12/h10,13,16H,2-9H2,1H3. The van der Waals surface area contributed by atoms with Crippen molar-refractivity contribution in [3.8, 4) is 0 Å². The van der Waals surface area contributed by atoms with E-state index in [-0.39, 0.29) is 11.9 Å². The minimum absolute atomic E-state index is 0.0697. The second-order valence-corrected chi connectivity index (χ2v) is 5.04. The van der Waals surface area contributed by atoms with Gasteiger partial charge in [0.2, 0.25) is 5.91 Å². The zero-order valence-corrected chi connectivity index (χ0v) is 10.4. The number of amides is 1. The molecule has 98 valence electrons. The summed E-state index contributed by atoms with van der Waals surface area (Å²) in [6, 6.07) is -0.0697. The molecular weight excluding hydrogens is 220 g/mol. The number of rotatable bonds is 4. The molecule has 0 bridgehead atoms. The van der Waals surface area contributed by atoms with Gasteiger partial charge in [-0.15, -0.1) is 0 Å². The van der Waals surface area contributed by atoms with Crippen LogP contribution in [-0.4, -0.2) is 60.4 Å². The van der Waals surface area contributed by atoms with Crippen LogP contribution in [0.2, 0.25) is 0 Å². The minimum Gasteiger partial charge on any atom is -0.386 e. The maximum Gasteiger partial charge on any atom is 0.239 e. The molecule has 5 nitrogen and oxygen atoms in total. The molecule has 2 aliphatic heterocycles. The number of nitrogens with one attached hydrogen (secondary N) is 1. The number of carbonyl (C=O) groups is 1. The lowest BCUT2D eigenvalue weighted by Gasteiger charge is -2.36. The summed E-state index contributed by atoms with van der Waals surface area (Å²) in [4.78, 5) is 13.9. The third-order valence-corrected chi connectivity index (χ3v) is 3.55. The lowest BCUT2D eigenvalue weighted by atomic mass is 9.99. The first-order chi connectivity index (χ1) is 8.14. The molecule has 0 radical (unpaired) electrons. The number of likely N-dealkylation sites (N-methyl/N-ethyl adjacent to an activating group) is 1. The van der Waals surface area contributed by atoms with Crippen molar-refractivity contribution < 1.29 is 14.6 Å². The molecule has 2 atom stereocenters. The average molecular weight is 242 g/mol. The molecule has 0 aromatic carbocycles. The van der Waals surface area contributed by atoms with Gasteiger partial charge in [-0.3, -0.25) is 4.79 Å². The van der Waals surface area contributed by atoms with Gasteiger partial charge in [0.1, 0.15) is 5.60 Å². The largest absolute Gasteiger partial charge is 0.386 e. The van der Waals surface area contributed by atoms with E-state index in [0.29, 0.717) is 26.2 Å². The van der Waals surface area contributed by atoms with E-state index in [1.165, 1.54) is 0 Å². The van der Waals surface area contributed by atoms with Gasteiger partial charge in [-0.1, -0.05) is 6.92 Å². The first-order valence-electron chi connectivity index (χ1n) is 6.47. The summed E-state index contributed by atoms with van der Waals surface area (Å²) in [6.07, 6.45) is 2.53. The Kier molecular flexibility index (Phi) is 4.01. The van der Waals surface area contributed by atoms with Crippen LogP contribution in [0.4, 0.5) is 0 Å². The van der Waals surface area contributed by atoms with E-state index in [1.807, 2.05) is 6.92 Å². The van der Waals surface area contributed by atoms with Crippen molar-refractivity contribution in [1.29, 1.82) is 0 Å². The summed E-state index contributed by atoms with van der Waals surface area (Å²) in [5.74, 6) is 0.124. The number of carbonyl (C=O) groups excluding carboxylic acids is 1. The molecule has 0 aromatic heterocycles. The molecular formula is C12H22N2O3. The molecule has 0 saturated carbocycles. The summed E-state index contributed by atoms with van der Waals surface area (Å²) >= 11 is 0. The number of likely N-dealkylation sites (tertiary alicyclic amines) is 1. The summed E-state index contributed by atoms with van der Waals surface area (Å²) in [5, 5.41) is 13.4. The van der Waals surface area contributed by atoms with Crippen molar-refractivity contribution >= 4 is 5.91 Å². The van der Waals surface area contributed by atoms with Gasteiger partial charge in [0.15, 0.2) is 0 Å². The summed E-state index contributed by atoms with van der Waals surface area (Å²) < 4.78 is 5.21. The highest BCUT2D eigenvalue weighted by atomic mass is 16.5. The number of nitrogens with zero attached hydrogens (tertiary/aromatic N) is 1. The van der Waals surface area contributed by atoms with E-state index < -0.39 is 5.60 Å². The third kappa shape index (κ3) is 2.97. The Morgan fingerprint density at radius 1 is 1.65 bits per heavy atom. The van der Waals surface area contributed by atoms with E-state index in [0.717, 1.165) is 25.9 Å². The van der Waals surface area contributed by atoms with E-state index in [4.69, 9.17) is 4.74 Å². The van der Waals surface area contributed by atoms with Crippen LogP contribution in [0.5, 0.6) is 0 Å². The zero-order valence-electron chi connectivity index (χ0n) is 10.4. The number of ether oxygens (including phenoxy) is 1.